The van der Waals surface area contributed by atoms with E-state index in [1.165, 1.54) is 16.9 Å². The van der Waals surface area contributed by atoms with E-state index in [1.54, 1.807) is 0 Å². The molecule has 1 aromatic carbocycles. The van der Waals surface area contributed by atoms with Gasteiger partial charge in [-0.15, -0.1) is 11.3 Å². The minimum absolute atomic E-state index is 0.346. The summed E-state index contributed by atoms with van der Waals surface area (Å²) in [6, 6.07) is 12.8. The van der Waals surface area contributed by atoms with Crippen molar-refractivity contribution in [2.45, 2.75) is 25.3 Å². The van der Waals surface area contributed by atoms with Crippen molar-refractivity contribution >= 4 is 22.9 Å². The number of hydrogen-bond acceptors (Lipinski definition) is 2. The lowest BCUT2D eigenvalue weighted by molar-refractivity contribution is 0.528. The van der Waals surface area contributed by atoms with Gasteiger partial charge in [-0.2, -0.15) is 0 Å². The van der Waals surface area contributed by atoms with Crippen LogP contribution in [0.5, 0.6) is 0 Å². The predicted octanol–water partition coefficient (Wildman–Crippen LogP) is 4.68. The van der Waals surface area contributed by atoms with Crippen molar-refractivity contribution in [2.24, 2.45) is 0 Å². The maximum absolute atomic E-state index is 6.24. The fourth-order valence-corrected chi connectivity index (χ4v) is 3.17. The summed E-state index contributed by atoms with van der Waals surface area (Å²) < 4.78 is 0. The van der Waals surface area contributed by atoms with Crippen LogP contribution in [0.4, 0.5) is 0 Å². The Kier molecular flexibility index (Phi) is 5.24. The summed E-state index contributed by atoms with van der Waals surface area (Å²) in [6.07, 6.45) is 3.44. The zero-order chi connectivity index (χ0) is 12.8. The van der Waals surface area contributed by atoms with E-state index >= 15 is 0 Å². The van der Waals surface area contributed by atoms with Crippen molar-refractivity contribution in [3.8, 4) is 0 Å². The molecule has 0 bridgehead atoms. The third kappa shape index (κ3) is 3.58. The van der Waals surface area contributed by atoms with Gasteiger partial charge in [0, 0.05) is 15.9 Å². The van der Waals surface area contributed by atoms with E-state index < -0.39 is 0 Å². The first-order valence-electron chi connectivity index (χ1n) is 6.25. The molecule has 1 heterocycles. The number of aryl methyl sites for hydroxylation is 1. The van der Waals surface area contributed by atoms with E-state index in [-0.39, 0.29) is 0 Å². The predicted molar refractivity (Wildman–Crippen MR) is 80.5 cm³/mol. The van der Waals surface area contributed by atoms with Gasteiger partial charge in [-0.05, 0) is 49.4 Å². The second kappa shape index (κ2) is 6.93. The highest BCUT2D eigenvalue weighted by Gasteiger charge is 2.11. The van der Waals surface area contributed by atoms with Crippen molar-refractivity contribution in [3.63, 3.8) is 0 Å². The normalized spacial score (nSPS) is 12.6. The molecule has 3 heteroatoms. The highest BCUT2D eigenvalue weighted by atomic mass is 35.5. The summed E-state index contributed by atoms with van der Waals surface area (Å²) in [4.78, 5) is 1.46. The lowest BCUT2D eigenvalue weighted by Crippen LogP contribution is -2.16. The van der Waals surface area contributed by atoms with Gasteiger partial charge >= 0.3 is 0 Å². The molecule has 1 N–H and O–H groups in total. The molecule has 0 aliphatic rings. The zero-order valence-corrected chi connectivity index (χ0v) is 12.1. The molecular weight excluding hydrogens is 262 g/mol. The number of benzene rings is 1. The highest BCUT2D eigenvalue weighted by molar-refractivity contribution is 7.09. The first kappa shape index (κ1) is 13.6. The Morgan fingerprint density at radius 1 is 1.22 bits per heavy atom. The van der Waals surface area contributed by atoms with Gasteiger partial charge in [0.15, 0.2) is 0 Å². The first-order valence-corrected chi connectivity index (χ1v) is 7.51. The van der Waals surface area contributed by atoms with E-state index in [4.69, 9.17) is 11.6 Å². The lowest BCUT2D eigenvalue weighted by atomic mass is 10.0. The summed E-state index contributed by atoms with van der Waals surface area (Å²) in [6.45, 7) is 0. The second-order valence-electron chi connectivity index (χ2n) is 4.33. The molecule has 1 aromatic heterocycles. The molecule has 2 aromatic rings. The van der Waals surface area contributed by atoms with Gasteiger partial charge in [0.05, 0.1) is 0 Å². The average Bonchev–Trinajstić information content (AvgIpc) is 2.89. The molecule has 96 valence electrons. The van der Waals surface area contributed by atoms with Crippen molar-refractivity contribution < 1.29 is 0 Å². The summed E-state index contributed by atoms with van der Waals surface area (Å²) in [5, 5.41) is 6.35. The quantitative estimate of drug-likeness (QED) is 0.809. The first-order chi connectivity index (χ1) is 8.81. The molecular formula is C15H18ClNS. The Labute approximate surface area is 118 Å². The van der Waals surface area contributed by atoms with Crippen molar-refractivity contribution in [3.05, 3.63) is 57.2 Å². The van der Waals surface area contributed by atoms with Crippen LogP contribution in [-0.2, 0) is 6.42 Å². The summed E-state index contributed by atoms with van der Waals surface area (Å²) in [5.74, 6) is 0. The molecule has 0 aliphatic heterocycles. The SMILES string of the molecule is CNC(CCCc1cccs1)c1ccccc1Cl. The van der Waals surface area contributed by atoms with Crippen LogP contribution in [-0.4, -0.2) is 7.05 Å². The Morgan fingerprint density at radius 2 is 2.06 bits per heavy atom. The van der Waals surface area contributed by atoms with E-state index in [2.05, 4.69) is 28.9 Å². The van der Waals surface area contributed by atoms with Gasteiger partial charge in [-0.25, -0.2) is 0 Å². The van der Waals surface area contributed by atoms with Crippen LogP contribution < -0.4 is 5.32 Å². The molecule has 2 rings (SSSR count). The molecule has 0 fully saturated rings. The topological polar surface area (TPSA) is 12.0 Å². The molecule has 1 unspecified atom stereocenters. The standard InChI is InChI=1S/C15H18ClNS/c1-17-15(13-8-2-3-9-14(13)16)10-4-6-12-7-5-11-18-12/h2-3,5,7-9,11,15,17H,4,6,10H2,1H3. The van der Waals surface area contributed by atoms with Crippen LogP contribution in [0, 0.1) is 0 Å². The smallest absolute Gasteiger partial charge is 0.0453 e. The van der Waals surface area contributed by atoms with E-state index in [0.29, 0.717) is 6.04 Å². The maximum Gasteiger partial charge on any atom is 0.0453 e. The summed E-state index contributed by atoms with van der Waals surface area (Å²) >= 11 is 8.07. The van der Waals surface area contributed by atoms with Gasteiger partial charge in [0.1, 0.15) is 0 Å². The molecule has 0 saturated carbocycles. The Hall–Kier alpha value is -0.830. The van der Waals surface area contributed by atoms with Crippen LogP contribution in [0.25, 0.3) is 0 Å². The van der Waals surface area contributed by atoms with Crippen LogP contribution in [0.1, 0.15) is 29.3 Å². The maximum atomic E-state index is 6.24. The number of thiophene rings is 1. The summed E-state index contributed by atoms with van der Waals surface area (Å²) in [5.41, 5.74) is 1.20. The monoisotopic (exact) mass is 279 g/mol. The molecule has 0 spiro atoms. The van der Waals surface area contributed by atoms with Crippen LogP contribution in [0.2, 0.25) is 5.02 Å². The molecule has 1 nitrogen and oxygen atoms in total. The molecule has 1 atom stereocenters. The zero-order valence-electron chi connectivity index (χ0n) is 10.5. The summed E-state index contributed by atoms with van der Waals surface area (Å²) in [7, 11) is 2.00. The number of rotatable bonds is 6. The fraction of sp³-hybridized carbons (Fsp3) is 0.333. The van der Waals surface area contributed by atoms with Gasteiger partial charge in [-0.3, -0.25) is 0 Å². The van der Waals surface area contributed by atoms with Crippen LogP contribution >= 0.6 is 22.9 Å². The van der Waals surface area contributed by atoms with Crippen molar-refractivity contribution in [1.82, 2.24) is 5.32 Å². The molecule has 0 aliphatic carbocycles. The minimum atomic E-state index is 0.346. The highest BCUT2D eigenvalue weighted by Crippen LogP contribution is 2.26. The molecule has 0 saturated heterocycles. The van der Waals surface area contributed by atoms with Gasteiger partial charge in [-0.1, -0.05) is 35.9 Å². The fourth-order valence-electron chi connectivity index (χ4n) is 2.15. The van der Waals surface area contributed by atoms with Crippen molar-refractivity contribution in [2.75, 3.05) is 7.05 Å². The van der Waals surface area contributed by atoms with Gasteiger partial charge < -0.3 is 5.32 Å². The Morgan fingerprint density at radius 3 is 2.72 bits per heavy atom. The average molecular weight is 280 g/mol. The Bertz CT molecular complexity index is 467. The van der Waals surface area contributed by atoms with E-state index in [9.17, 15) is 0 Å². The van der Waals surface area contributed by atoms with Gasteiger partial charge in [0.25, 0.3) is 0 Å². The Balaban J connectivity index is 1.91. The second-order valence-corrected chi connectivity index (χ2v) is 5.77. The van der Waals surface area contributed by atoms with Crippen LogP contribution in [0.15, 0.2) is 41.8 Å². The van der Waals surface area contributed by atoms with Crippen LogP contribution in [0.3, 0.4) is 0 Å². The lowest BCUT2D eigenvalue weighted by Gasteiger charge is -2.17. The largest absolute Gasteiger partial charge is 0.313 e. The third-order valence-electron chi connectivity index (χ3n) is 3.13. The third-order valence-corrected chi connectivity index (χ3v) is 4.41. The number of halogens is 1. The molecule has 18 heavy (non-hydrogen) atoms. The molecule has 0 amide bonds. The van der Waals surface area contributed by atoms with Gasteiger partial charge in [0.2, 0.25) is 0 Å². The van der Waals surface area contributed by atoms with E-state index in [1.807, 2.05) is 36.6 Å². The molecule has 0 radical (unpaired) electrons. The van der Waals surface area contributed by atoms with Crippen molar-refractivity contribution in [1.29, 1.82) is 0 Å². The van der Waals surface area contributed by atoms with E-state index in [0.717, 1.165) is 17.9 Å². The number of nitrogens with one attached hydrogen (secondary N) is 1. The number of hydrogen-bond donors (Lipinski definition) is 1. The minimum Gasteiger partial charge on any atom is -0.313 e.